The smallest absolute Gasteiger partial charge is 0.410 e. The molecular formula is C15H30N4O3. The van der Waals surface area contributed by atoms with Crippen molar-refractivity contribution in [1.29, 1.82) is 0 Å². The van der Waals surface area contributed by atoms with Gasteiger partial charge in [0.2, 0.25) is 0 Å². The van der Waals surface area contributed by atoms with Crippen molar-refractivity contribution in [2.45, 2.75) is 39.7 Å². The number of guanidine groups is 1. The Morgan fingerprint density at radius 2 is 1.95 bits per heavy atom. The molecule has 0 saturated carbocycles. The second-order valence-corrected chi connectivity index (χ2v) is 6.31. The van der Waals surface area contributed by atoms with Crippen molar-refractivity contribution < 1.29 is 14.3 Å². The highest BCUT2D eigenvalue weighted by Crippen LogP contribution is 2.10. The van der Waals surface area contributed by atoms with Gasteiger partial charge in [-0.2, -0.15) is 0 Å². The van der Waals surface area contributed by atoms with Crippen LogP contribution in [0.25, 0.3) is 0 Å². The van der Waals surface area contributed by atoms with Gasteiger partial charge in [-0.05, 0) is 27.2 Å². The van der Waals surface area contributed by atoms with Crippen LogP contribution < -0.4 is 5.73 Å². The van der Waals surface area contributed by atoms with Crippen LogP contribution in [0, 0.1) is 0 Å². The van der Waals surface area contributed by atoms with Crippen LogP contribution in [0.5, 0.6) is 0 Å². The molecule has 0 aromatic heterocycles. The highest BCUT2D eigenvalue weighted by molar-refractivity contribution is 5.78. The summed E-state index contributed by atoms with van der Waals surface area (Å²) in [4.78, 5) is 20.2. The maximum Gasteiger partial charge on any atom is 0.410 e. The molecular weight excluding hydrogens is 284 g/mol. The number of ether oxygens (including phenoxy) is 2. The van der Waals surface area contributed by atoms with E-state index >= 15 is 0 Å². The summed E-state index contributed by atoms with van der Waals surface area (Å²) in [6.07, 6.45) is 0.580. The van der Waals surface area contributed by atoms with Gasteiger partial charge in [-0.25, -0.2) is 4.79 Å². The van der Waals surface area contributed by atoms with Gasteiger partial charge < -0.3 is 25.0 Å². The number of rotatable bonds is 5. The lowest BCUT2D eigenvalue weighted by Crippen LogP contribution is -2.45. The molecule has 1 heterocycles. The van der Waals surface area contributed by atoms with Crippen LogP contribution in [0.2, 0.25) is 0 Å². The van der Waals surface area contributed by atoms with Gasteiger partial charge in [-0.15, -0.1) is 0 Å². The van der Waals surface area contributed by atoms with E-state index in [-0.39, 0.29) is 6.09 Å². The molecule has 128 valence electrons. The zero-order valence-electron chi connectivity index (χ0n) is 14.3. The third-order valence-corrected chi connectivity index (χ3v) is 3.12. The summed E-state index contributed by atoms with van der Waals surface area (Å²) in [5.41, 5.74) is 5.49. The average Bonchev–Trinajstić information content (AvgIpc) is 2.45. The quantitative estimate of drug-likeness (QED) is 0.611. The number of carbonyl (C=O) groups is 1. The maximum absolute atomic E-state index is 12.1. The van der Waals surface area contributed by atoms with Gasteiger partial charge in [0.25, 0.3) is 0 Å². The van der Waals surface area contributed by atoms with Gasteiger partial charge in [0.15, 0.2) is 5.96 Å². The third kappa shape index (κ3) is 6.98. The van der Waals surface area contributed by atoms with E-state index in [1.165, 1.54) is 0 Å². The molecule has 0 unspecified atom stereocenters. The lowest BCUT2D eigenvalue weighted by atomic mass is 10.2. The fourth-order valence-corrected chi connectivity index (χ4v) is 2.07. The largest absolute Gasteiger partial charge is 0.444 e. The fraction of sp³-hybridized carbons (Fsp3) is 0.867. The van der Waals surface area contributed by atoms with Crippen LogP contribution in [0.15, 0.2) is 4.99 Å². The molecule has 1 aliphatic rings. The summed E-state index contributed by atoms with van der Waals surface area (Å²) in [5, 5.41) is 0. The molecule has 0 atom stereocenters. The summed E-state index contributed by atoms with van der Waals surface area (Å²) in [6.45, 7) is 12.1. The molecule has 1 aliphatic heterocycles. The second-order valence-electron chi connectivity index (χ2n) is 6.31. The minimum absolute atomic E-state index is 0.297. The van der Waals surface area contributed by atoms with E-state index in [9.17, 15) is 4.79 Å². The number of nitrogens with zero attached hydrogens (tertiary/aromatic N) is 3. The van der Waals surface area contributed by atoms with E-state index in [1.54, 1.807) is 4.90 Å². The number of nitrogens with two attached hydrogens (primary N) is 1. The molecule has 0 spiro atoms. The van der Waals surface area contributed by atoms with Gasteiger partial charge in [0, 0.05) is 26.2 Å². The van der Waals surface area contributed by atoms with Crippen LogP contribution in [-0.4, -0.2) is 73.4 Å². The van der Waals surface area contributed by atoms with E-state index < -0.39 is 5.60 Å². The average molecular weight is 314 g/mol. The molecule has 0 bridgehead atoms. The van der Waals surface area contributed by atoms with E-state index in [2.05, 4.69) is 4.99 Å². The SMILES string of the molecule is CCCN(CCN=C(N)N1CCOCC1)C(=O)OC(C)(C)C. The maximum atomic E-state index is 12.1. The Morgan fingerprint density at radius 1 is 1.32 bits per heavy atom. The molecule has 7 heteroatoms. The molecule has 0 aromatic carbocycles. The second kappa shape index (κ2) is 8.82. The molecule has 1 saturated heterocycles. The lowest BCUT2D eigenvalue weighted by Gasteiger charge is -2.28. The van der Waals surface area contributed by atoms with Crippen molar-refractivity contribution in [3.63, 3.8) is 0 Å². The summed E-state index contributed by atoms with van der Waals surface area (Å²) < 4.78 is 10.7. The standard InChI is InChI=1S/C15H30N4O3/c1-5-7-19(14(20)22-15(2,3)4)8-6-17-13(16)18-9-11-21-12-10-18/h5-12H2,1-4H3,(H2,16,17). The number of hydrogen-bond acceptors (Lipinski definition) is 4. The van der Waals surface area contributed by atoms with E-state index in [0.717, 1.165) is 19.5 Å². The number of carbonyl (C=O) groups excluding carboxylic acids is 1. The van der Waals surface area contributed by atoms with Gasteiger partial charge in [-0.3, -0.25) is 4.99 Å². The number of amides is 1. The summed E-state index contributed by atoms with van der Waals surface area (Å²) in [7, 11) is 0. The van der Waals surface area contributed by atoms with E-state index in [4.69, 9.17) is 15.2 Å². The highest BCUT2D eigenvalue weighted by atomic mass is 16.6. The molecule has 1 rings (SSSR count). The van der Waals surface area contributed by atoms with Crippen molar-refractivity contribution in [3.8, 4) is 0 Å². The zero-order valence-corrected chi connectivity index (χ0v) is 14.3. The number of morpholine rings is 1. The van der Waals surface area contributed by atoms with Gasteiger partial charge in [0.05, 0.1) is 19.8 Å². The predicted molar refractivity (Wildman–Crippen MR) is 87.0 cm³/mol. The first-order valence-corrected chi connectivity index (χ1v) is 7.94. The topological polar surface area (TPSA) is 80.4 Å². The van der Waals surface area contributed by atoms with Crippen LogP contribution in [0.3, 0.4) is 0 Å². The molecule has 22 heavy (non-hydrogen) atoms. The molecule has 0 aliphatic carbocycles. The third-order valence-electron chi connectivity index (χ3n) is 3.12. The Morgan fingerprint density at radius 3 is 2.50 bits per heavy atom. The molecule has 2 N–H and O–H groups in total. The number of aliphatic imine (C=N–C) groups is 1. The zero-order chi connectivity index (χ0) is 16.6. The first-order valence-electron chi connectivity index (χ1n) is 7.94. The Labute approximate surface area is 133 Å². The highest BCUT2D eigenvalue weighted by Gasteiger charge is 2.21. The van der Waals surface area contributed by atoms with Crippen molar-refractivity contribution in [1.82, 2.24) is 9.80 Å². The molecule has 0 radical (unpaired) electrons. The van der Waals surface area contributed by atoms with E-state index in [0.29, 0.717) is 38.8 Å². The van der Waals surface area contributed by atoms with Gasteiger partial charge in [0.1, 0.15) is 5.60 Å². The molecule has 1 amide bonds. The van der Waals surface area contributed by atoms with Crippen molar-refractivity contribution in [3.05, 3.63) is 0 Å². The van der Waals surface area contributed by atoms with E-state index in [1.807, 2.05) is 32.6 Å². The minimum atomic E-state index is -0.487. The molecule has 7 nitrogen and oxygen atoms in total. The fourth-order valence-electron chi connectivity index (χ4n) is 2.07. The first-order chi connectivity index (χ1) is 10.3. The summed E-state index contributed by atoms with van der Waals surface area (Å²) in [6, 6.07) is 0. The monoisotopic (exact) mass is 314 g/mol. The van der Waals surface area contributed by atoms with Crippen molar-refractivity contribution in [2.75, 3.05) is 45.9 Å². The Hall–Kier alpha value is -1.50. The van der Waals surface area contributed by atoms with Crippen LogP contribution in [-0.2, 0) is 9.47 Å². The summed E-state index contributed by atoms with van der Waals surface area (Å²) in [5.74, 6) is 0.518. The van der Waals surface area contributed by atoms with Gasteiger partial charge in [-0.1, -0.05) is 6.92 Å². The Bertz CT molecular complexity index is 373. The Balaban J connectivity index is 2.47. The number of hydrogen-bond donors (Lipinski definition) is 1. The lowest BCUT2D eigenvalue weighted by molar-refractivity contribution is 0.0255. The van der Waals surface area contributed by atoms with Crippen LogP contribution in [0.4, 0.5) is 4.79 Å². The van der Waals surface area contributed by atoms with Crippen molar-refractivity contribution >= 4 is 12.1 Å². The normalized spacial score (nSPS) is 16.5. The Kier molecular flexibility index (Phi) is 7.44. The molecule has 0 aromatic rings. The van der Waals surface area contributed by atoms with Crippen molar-refractivity contribution in [2.24, 2.45) is 10.7 Å². The summed E-state index contributed by atoms with van der Waals surface area (Å²) >= 11 is 0. The predicted octanol–water partition coefficient (Wildman–Crippen LogP) is 1.28. The first kappa shape index (κ1) is 18.5. The van der Waals surface area contributed by atoms with Gasteiger partial charge >= 0.3 is 6.09 Å². The molecule has 1 fully saturated rings. The van der Waals surface area contributed by atoms with Crippen LogP contribution >= 0.6 is 0 Å². The minimum Gasteiger partial charge on any atom is -0.444 e. The van der Waals surface area contributed by atoms with Crippen LogP contribution in [0.1, 0.15) is 34.1 Å².